The highest BCUT2D eigenvalue weighted by molar-refractivity contribution is 4.82. The van der Waals surface area contributed by atoms with Crippen LogP contribution in [0.1, 0.15) is 40.5 Å². The third kappa shape index (κ3) is 5.70. The predicted molar refractivity (Wildman–Crippen MR) is 58.2 cm³/mol. The van der Waals surface area contributed by atoms with E-state index in [0.29, 0.717) is 6.54 Å². The van der Waals surface area contributed by atoms with Crippen LogP contribution in [0.25, 0.3) is 0 Å². The van der Waals surface area contributed by atoms with Crippen LogP contribution in [0.3, 0.4) is 0 Å². The molecular weight excluding hydrogens is 219 g/mol. The van der Waals surface area contributed by atoms with Gasteiger partial charge in [0.05, 0.1) is 12.5 Å². The highest BCUT2D eigenvalue weighted by atomic mass is 19.4. The minimum atomic E-state index is -4.14. The minimum Gasteiger partial charge on any atom is -0.393 e. The molecule has 0 aliphatic heterocycles. The van der Waals surface area contributed by atoms with E-state index in [4.69, 9.17) is 0 Å². The van der Waals surface area contributed by atoms with Gasteiger partial charge < -0.3 is 10.4 Å². The van der Waals surface area contributed by atoms with Crippen molar-refractivity contribution in [1.29, 1.82) is 0 Å². The molecule has 3 atom stereocenters. The normalized spacial score (nSPS) is 20.2. The van der Waals surface area contributed by atoms with Gasteiger partial charge in [-0.2, -0.15) is 13.2 Å². The van der Waals surface area contributed by atoms with Crippen LogP contribution in [0.4, 0.5) is 13.2 Å². The number of aliphatic hydroxyl groups is 1. The zero-order valence-corrected chi connectivity index (χ0v) is 10.4. The van der Waals surface area contributed by atoms with E-state index in [9.17, 15) is 18.3 Å². The number of aliphatic hydroxyl groups excluding tert-OH is 1. The number of nitrogens with one attached hydrogen (secondary N) is 1. The first-order valence-electron chi connectivity index (χ1n) is 5.59. The fourth-order valence-electron chi connectivity index (χ4n) is 1.39. The van der Waals surface area contributed by atoms with Crippen molar-refractivity contribution in [1.82, 2.24) is 5.32 Å². The number of hydrogen-bond acceptors (Lipinski definition) is 2. The molecule has 0 aromatic rings. The zero-order chi connectivity index (χ0) is 13.0. The highest BCUT2D eigenvalue weighted by Crippen LogP contribution is 2.26. The van der Waals surface area contributed by atoms with E-state index in [2.05, 4.69) is 5.32 Å². The summed E-state index contributed by atoms with van der Waals surface area (Å²) in [5.41, 5.74) is -0.375. The maximum atomic E-state index is 12.1. The van der Waals surface area contributed by atoms with Crippen LogP contribution in [-0.4, -0.2) is 30.0 Å². The fourth-order valence-corrected chi connectivity index (χ4v) is 1.39. The van der Waals surface area contributed by atoms with Crippen LogP contribution in [0.5, 0.6) is 0 Å². The smallest absolute Gasteiger partial charge is 0.390 e. The molecule has 0 aliphatic carbocycles. The molecule has 0 aromatic heterocycles. The van der Waals surface area contributed by atoms with Crippen LogP contribution in [-0.2, 0) is 0 Å². The highest BCUT2D eigenvalue weighted by Gasteiger charge is 2.32. The van der Waals surface area contributed by atoms with Crippen LogP contribution < -0.4 is 5.32 Å². The molecule has 0 saturated carbocycles. The number of halogens is 3. The molecule has 0 saturated heterocycles. The third-order valence-corrected chi connectivity index (χ3v) is 3.21. The van der Waals surface area contributed by atoms with Crippen molar-refractivity contribution in [3.63, 3.8) is 0 Å². The fraction of sp³-hybridized carbons (Fsp3) is 1.00. The van der Waals surface area contributed by atoms with Crippen LogP contribution in [0.2, 0.25) is 0 Å². The van der Waals surface area contributed by atoms with Crippen molar-refractivity contribution in [2.24, 2.45) is 5.41 Å². The molecule has 3 unspecified atom stereocenters. The number of hydrogen-bond donors (Lipinski definition) is 2. The van der Waals surface area contributed by atoms with E-state index in [1.165, 1.54) is 6.92 Å². The van der Waals surface area contributed by atoms with Gasteiger partial charge in [0.15, 0.2) is 0 Å². The van der Waals surface area contributed by atoms with Crippen molar-refractivity contribution in [2.75, 3.05) is 6.54 Å². The van der Waals surface area contributed by atoms with Gasteiger partial charge in [-0.15, -0.1) is 0 Å². The number of rotatable bonds is 6. The molecule has 0 bridgehead atoms. The Labute approximate surface area is 95.2 Å². The summed E-state index contributed by atoms with van der Waals surface area (Å²) in [6, 6.07) is -0.621. The van der Waals surface area contributed by atoms with Crippen LogP contribution in [0.15, 0.2) is 0 Å². The topological polar surface area (TPSA) is 32.3 Å². The Kier molecular flexibility index (Phi) is 5.76. The van der Waals surface area contributed by atoms with Gasteiger partial charge in [-0.1, -0.05) is 13.8 Å². The molecule has 98 valence electrons. The summed E-state index contributed by atoms with van der Waals surface area (Å²) in [6.07, 6.45) is -4.80. The third-order valence-electron chi connectivity index (χ3n) is 3.21. The molecule has 0 aliphatic rings. The van der Waals surface area contributed by atoms with Crippen molar-refractivity contribution < 1.29 is 18.3 Å². The lowest BCUT2D eigenvalue weighted by Crippen LogP contribution is -2.43. The first kappa shape index (κ1) is 15.7. The van der Waals surface area contributed by atoms with Crippen molar-refractivity contribution in [2.45, 2.75) is 58.9 Å². The Morgan fingerprint density at radius 3 is 2.06 bits per heavy atom. The summed E-state index contributed by atoms with van der Waals surface area (Å²) < 4.78 is 36.2. The largest absolute Gasteiger partial charge is 0.393 e. The molecule has 0 fully saturated rings. The van der Waals surface area contributed by atoms with E-state index in [1.807, 2.05) is 13.8 Å². The quantitative estimate of drug-likeness (QED) is 0.749. The standard InChI is InChI=1S/C11H22F3NO/c1-5-10(4,9(3)16)7-15-8(2)6-11(12,13)14/h8-9,15-16H,5-7H2,1-4H3. The number of alkyl halides is 3. The second kappa shape index (κ2) is 5.87. The average molecular weight is 241 g/mol. The molecule has 0 heterocycles. The van der Waals surface area contributed by atoms with Gasteiger partial charge in [0, 0.05) is 18.0 Å². The second-order valence-electron chi connectivity index (χ2n) is 4.78. The molecule has 0 spiro atoms. The van der Waals surface area contributed by atoms with E-state index < -0.39 is 24.7 Å². The molecule has 5 heteroatoms. The van der Waals surface area contributed by atoms with Crippen LogP contribution >= 0.6 is 0 Å². The van der Waals surface area contributed by atoms with Crippen molar-refractivity contribution in [3.05, 3.63) is 0 Å². The Balaban J connectivity index is 4.13. The Morgan fingerprint density at radius 2 is 1.75 bits per heavy atom. The molecule has 0 aromatic carbocycles. The maximum Gasteiger partial charge on any atom is 0.390 e. The molecule has 2 N–H and O–H groups in total. The molecule has 0 rings (SSSR count). The zero-order valence-electron chi connectivity index (χ0n) is 10.4. The molecule has 16 heavy (non-hydrogen) atoms. The molecule has 2 nitrogen and oxygen atoms in total. The SMILES string of the molecule is CCC(C)(CNC(C)CC(F)(F)F)C(C)O. The van der Waals surface area contributed by atoms with Gasteiger partial charge in [0.2, 0.25) is 0 Å². The van der Waals surface area contributed by atoms with E-state index in [-0.39, 0.29) is 5.41 Å². The minimum absolute atomic E-state index is 0.375. The Morgan fingerprint density at radius 1 is 1.25 bits per heavy atom. The van der Waals surface area contributed by atoms with Gasteiger partial charge in [0.1, 0.15) is 0 Å². The molecule has 0 radical (unpaired) electrons. The summed E-state index contributed by atoms with van der Waals surface area (Å²) in [5, 5.41) is 12.4. The summed E-state index contributed by atoms with van der Waals surface area (Å²) >= 11 is 0. The predicted octanol–water partition coefficient (Wildman–Crippen LogP) is 2.71. The Bertz CT molecular complexity index is 206. The maximum absolute atomic E-state index is 12.1. The van der Waals surface area contributed by atoms with Gasteiger partial charge >= 0.3 is 6.18 Å². The van der Waals surface area contributed by atoms with E-state index in [1.54, 1.807) is 6.92 Å². The first-order chi connectivity index (χ1) is 7.10. The Hall–Kier alpha value is -0.290. The lowest BCUT2D eigenvalue weighted by Gasteiger charge is -2.33. The van der Waals surface area contributed by atoms with Crippen molar-refractivity contribution in [3.8, 4) is 0 Å². The summed E-state index contributed by atoms with van der Waals surface area (Å²) in [4.78, 5) is 0. The second-order valence-corrected chi connectivity index (χ2v) is 4.78. The van der Waals surface area contributed by atoms with Gasteiger partial charge in [-0.25, -0.2) is 0 Å². The van der Waals surface area contributed by atoms with E-state index >= 15 is 0 Å². The summed E-state index contributed by atoms with van der Waals surface area (Å²) in [6.45, 7) is 7.34. The average Bonchev–Trinajstić information content (AvgIpc) is 2.11. The summed E-state index contributed by atoms with van der Waals surface area (Å²) in [7, 11) is 0. The lowest BCUT2D eigenvalue weighted by molar-refractivity contribution is -0.139. The van der Waals surface area contributed by atoms with Crippen LogP contribution in [0, 0.1) is 5.41 Å². The van der Waals surface area contributed by atoms with Gasteiger partial charge in [0.25, 0.3) is 0 Å². The first-order valence-corrected chi connectivity index (χ1v) is 5.59. The molecule has 0 amide bonds. The summed E-state index contributed by atoms with van der Waals surface area (Å²) in [5.74, 6) is 0. The lowest BCUT2D eigenvalue weighted by atomic mass is 9.82. The van der Waals surface area contributed by atoms with Gasteiger partial charge in [-0.05, 0) is 20.3 Å². The van der Waals surface area contributed by atoms with E-state index in [0.717, 1.165) is 6.42 Å². The molecular formula is C11H22F3NO. The van der Waals surface area contributed by atoms with Gasteiger partial charge in [-0.3, -0.25) is 0 Å². The monoisotopic (exact) mass is 241 g/mol. The van der Waals surface area contributed by atoms with Crippen molar-refractivity contribution >= 4 is 0 Å².